The number of nitrogens with zero attached hydrogens (tertiary/aromatic N) is 3. The van der Waals surface area contributed by atoms with Crippen molar-refractivity contribution in [2.24, 2.45) is 5.92 Å². The summed E-state index contributed by atoms with van der Waals surface area (Å²) in [6.45, 7) is 3.59. The van der Waals surface area contributed by atoms with Gasteiger partial charge in [0.15, 0.2) is 0 Å². The van der Waals surface area contributed by atoms with Gasteiger partial charge in [-0.25, -0.2) is 4.98 Å². The molecule has 0 bridgehead atoms. The van der Waals surface area contributed by atoms with Gasteiger partial charge in [-0.15, -0.1) is 0 Å². The van der Waals surface area contributed by atoms with E-state index in [0.29, 0.717) is 29.1 Å². The second-order valence-corrected chi connectivity index (χ2v) is 11.5. The molecule has 6 rings (SSSR count). The van der Waals surface area contributed by atoms with Gasteiger partial charge in [0.05, 0.1) is 30.1 Å². The Morgan fingerprint density at radius 1 is 0.933 bits per heavy atom. The summed E-state index contributed by atoms with van der Waals surface area (Å²) >= 11 is 0. The number of anilines is 2. The standard InChI is InChI=1S/C34H33N5O6/c1-19-7-11-22(12-8-19)39-29(41)18-15-25(31(39)21-9-13-23(45-3)14-10-21)32(42)36-26-6-4-5-24-30(26)35-20(2)38(34(24)44)27-16-17-28(40)37-33(27)43/h4-14,25,27,31H,15-18H2,1-3H3,(H,36,42)(H,37,40,43). The maximum absolute atomic E-state index is 14.1. The van der Waals surface area contributed by atoms with E-state index in [4.69, 9.17) is 4.74 Å². The number of rotatable bonds is 6. The average molecular weight is 608 g/mol. The number of hydrogen-bond acceptors (Lipinski definition) is 7. The Kier molecular flexibility index (Phi) is 7.92. The van der Waals surface area contributed by atoms with Crippen molar-refractivity contribution < 1.29 is 23.9 Å². The summed E-state index contributed by atoms with van der Waals surface area (Å²) in [6, 6.07) is 18.4. The van der Waals surface area contributed by atoms with Gasteiger partial charge in [-0.2, -0.15) is 0 Å². The van der Waals surface area contributed by atoms with Gasteiger partial charge in [0.2, 0.25) is 23.6 Å². The summed E-state index contributed by atoms with van der Waals surface area (Å²) < 4.78 is 6.65. The predicted octanol–water partition coefficient (Wildman–Crippen LogP) is 4.12. The highest BCUT2D eigenvalue weighted by molar-refractivity contribution is 6.04. The first-order valence-electron chi connectivity index (χ1n) is 14.9. The summed E-state index contributed by atoms with van der Waals surface area (Å²) in [7, 11) is 1.58. The number of para-hydroxylation sites is 1. The van der Waals surface area contributed by atoms with Crippen molar-refractivity contribution in [1.82, 2.24) is 14.9 Å². The first-order valence-corrected chi connectivity index (χ1v) is 14.9. The number of benzene rings is 3. The monoisotopic (exact) mass is 607 g/mol. The van der Waals surface area contributed by atoms with Crippen LogP contribution in [0, 0.1) is 19.8 Å². The molecule has 2 N–H and O–H groups in total. The van der Waals surface area contributed by atoms with E-state index in [0.717, 1.165) is 11.1 Å². The summed E-state index contributed by atoms with van der Waals surface area (Å²) in [5.41, 5.74) is 2.73. The van der Waals surface area contributed by atoms with Crippen molar-refractivity contribution in [3.8, 4) is 5.75 Å². The summed E-state index contributed by atoms with van der Waals surface area (Å²) in [5, 5.41) is 5.53. The molecule has 3 heterocycles. The Hall–Kier alpha value is -5.32. The lowest BCUT2D eigenvalue weighted by Crippen LogP contribution is -2.47. The minimum Gasteiger partial charge on any atom is -0.497 e. The summed E-state index contributed by atoms with van der Waals surface area (Å²) in [6.07, 6.45) is 0.820. The average Bonchev–Trinajstić information content (AvgIpc) is 3.03. The smallest absolute Gasteiger partial charge is 0.262 e. The number of aromatic nitrogens is 2. The fourth-order valence-electron chi connectivity index (χ4n) is 6.31. The van der Waals surface area contributed by atoms with Crippen LogP contribution < -0.4 is 25.8 Å². The molecule has 11 heteroatoms. The van der Waals surface area contributed by atoms with Crippen LogP contribution in [0.25, 0.3) is 10.9 Å². The lowest BCUT2D eigenvalue weighted by Gasteiger charge is -2.41. The molecule has 2 fully saturated rings. The van der Waals surface area contributed by atoms with Crippen LogP contribution in [0.15, 0.2) is 71.5 Å². The highest BCUT2D eigenvalue weighted by atomic mass is 16.5. The fraction of sp³-hybridized carbons (Fsp3) is 0.294. The van der Waals surface area contributed by atoms with Crippen molar-refractivity contribution >= 4 is 45.9 Å². The van der Waals surface area contributed by atoms with Crippen LogP contribution in [0.3, 0.4) is 0 Å². The van der Waals surface area contributed by atoms with Crippen LogP contribution in [0.2, 0.25) is 0 Å². The van der Waals surface area contributed by atoms with Gasteiger partial charge in [0.1, 0.15) is 23.1 Å². The van der Waals surface area contributed by atoms with Gasteiger partial charge >= 0.3 is 0 Å². The van der Waals surface area contributed by atoms with Gasteiger partial charge in [-0.1, -0.05) is 35.9 Å². The topological polar surface area (TPSA) is 140 Å². The number of fused-ring (bicyclic) bond motifs is 1. The molecule has 4 amide bonds. The maximum Gasteiger partial charge on any atom is 0.262 e. The zero-order chi connectivity index (χ0) is 31.8. The number of nitrogens with one attached hydrogen (secondary N) is 2. The Labute approximate surface area is 259 Å². The van der Waals surface area contributed by atoms with Gasteiger partial charge in [-0.05, 0) is 68.7 Å². The molecule has 3 unspecified atom stereocenters. The van der Waals surface area contributed by atoms with E-state index in [1.165, 1.54) is 4.57 Å². The number of aryl methyl sites for hydroxylation is 2. The molecule has 11 nitrogen and oxygen atoms in total. The summed E-state index contributed by atoms with van der Waals surface area (Å²) in [4.78, 5) is 71.8. The number of piperidine rings is 2. The van der Waals surface area contributed by atoms with Crippen LogP contribution in [0.5, 0.6) is 5.75 Å². The SMILES string of the molecule is COc1ccc(C2C(C(=O)Nc3cccc4c(=O)n(C5CCC(=O)NC5=O)c(C)nc34)CCC(=O)N2c2ccc(C)cc2)cc1. The van der Waals surface area contributed by atoms with Crippen LogP contribution in [-0.4, -0.2) is 40.3 Å². The molecule has 0 saturated carbocycles. The van der Waals surface area contributed by atoms with E-state index < -0.39 is 29.5 Å². The van der Waals surface area contributed by atoms with Crippen molar-refractivity contribution in [2.45, 2.75) is 51.6 Å². The second-order valence-electron chi connectivity index (χ2n) is 11.5. The van der Waals surface area contributed by atoms with Crippen molar-refractivity contribution in [3.63, 3.8) is 0 Å². The minimum absolute atomic E-state index is 0.0832. The van der Waals surface area contributed by atoms with Crippen molar-refractivity contribution in [2.75, 3.05) is 17.3 Å². The largest absolute Gasteiger partial charge is 0.497 e. The molecule has 0 radical (unpaired) electrons. The summed E-state index contributed by atoms with van der Waals surface area (Å²) in [5.74, 6) is -1.01. The second kappa shape index (κ2) is 12.0. The molecule has 230 valence electrons. The van der Waals surface area contributed by atoms with Crippen molar-refractivity contribution in [3.05, 3.63) is 94.0 Å². The van der Waals surface area contributed by atoms with Crippen LogP contribution in [0.4, 0.5) is 11.4 Å². The van der Waals surface area contributed by atoms with E-state index in [9.17, 15) is 24.0 Å². The number of carbonyl (C=O) groups excluding carboxylic acids is 4. The number of amides is 4. The normalized spacial score (nSPS) is 20.2. The third-order valence-electron chi connectivity index (χ3n) is 8.59. The van der Waals surface area contributed by atoms with Crippen molar-refractivity contribution in [1.29, 1.82) is 0 Å². The van der Waals surface area contributed by atoms with E-state index in [1.54, 1.807) is 37.1 Å². The molecule has 4 aromatic rings. The third kappa shape index (κ3) is 5.57. The molecule has 2 aliphatic heterocycles. The third-order valence-corrected chi connectivity index (χ3v) is 8.59. The van der Waals surface area contributed by atoms with E-state index in [-0.39, 0.29) is 48.2 Å². The molecule has 0 aliphatic carbocycles. The van der Waals surface area contributed by atoms with Crippen LogP contribution >= 0.6 is 0 Å². The quantitative estimate of drug-likeness (QED) is 0.314. The number of imide groups is 1. The highest BCUT2D eigenvalue weighted by Gasteiger charge is 2.42. The first kappa shape index (κ1) is 29.7. The molecule has 1 aromatic heterocycles. The zero-order valence-electron chi connectivity index (χ0n) is 25.2. The fourth-order valence-corrected chi connectivity index (χ4v) is 6.31. The minimum atomic E-state index is -0.858. The molecule has 45 heavy (non-hydrogen) atoms. The number of hydrogen-bond donors (Lipinski definition) is 2. The number of carbonyl (C=O) groups is 4. The van der Waals surface area contributed by atoms with Gasteiger partial charge in [0.25, 0.3) is 5.56 Å². The zero-order valence-corrected chi connectivity index (χ0v) is 25.2. The van der Waals surface area contributed by atoms with Gasteiger partial charge < -0.3 is 15.0 Å². The maximum atomic E-state index is 14.1. The molecule has 2 saturated heterocycles. The van der Waals surface area contributed by atoms with Crippen LogP contribution in [0.1, 0.15) is 54.7 Å². The molecule has 2 aliphatic rings. The Morgan fingerprint density at radius 3 is 2.36 bits per heavy atom. The molecular formula is C34H33N5O6. The predicted molar refractivity (Wildman–Crippen MR) is 168 cm³/mol. The molecule has 3 aromatic carbocycles. The Morgan fingerprint density at radius 2 is 1.67 bits per heavy atom. The lowest BCUT2D eigenvalue weighted by atomic mass is 9.83. The number of ether oxygens (including phenoxy) is 1. The van der Waals surface area contributed by atoms with Gasteiger partial charge in [0, 0.05) is 18.5 Å². The van der Waals surface area contributed by atoms with Crippen LogP contribution in [-0.2, 0) is 19.2 Å². The van der Waals surface area contributed by atoms with Gasteiger partial charge in [-0.3, -0.25) is 33.9 Å². The Bertz CT molecular complexity index is 1880. The lowest BCUT2D eigenvalue weighted by molar-refractivity contribution is -0.136. The Balaban J connectivity index is 1.38. The molecule has 0 spiro atoms. The highest BCUT2D eigenvalue weighted by Crippen LogP contribution is 2.41. The number of methoxy groups -OCH3 is 1. The van der Waals surface area contributed by atoms with E-state index in [1.807, 2.05) is 55.5 Å². The molecule has 3 atom stereocenters. The van der Waals surface area contributed by atoms with E-state index >= 15 is 0 Å². The van der Waals surface area contributed by atoms with E-state index in [2.05, 4.69) is 15.6 Å². The molecular weight excluding hydrogens is 574 g/mol. The first-order chi connectivity index (χ1) is 21.7.